The van der Waals surface area contributed by atoms with E-state index < -0.39 is 0 Å². The average Bonchev–Trinajstić information content (AvgIpc) is 3.13. The summed E-state index contributed by atoms with van der Waals surface area (Å²) in [5.41, 5.74) is 2.88. The number of nitrogens with zero attached hydrogens (tertiary/aromatic N) is 2. The summed E-state index contributed by atoms with van der Waals surface area (Å²) in [6.07, 6.45) is 3.64. The van der Waals surface area contributed by atoms with Crippen LogP contribution in [0, 0.1) is 0 Å². The third kappa shape index (κ3) is 6.07. The van der Waals surface area contributed by atoms with E-state index >= 15 is 0 Å². The fourth-order valence-electron chi connectivity index (χ4n) is 3.62. The van der Waals surface area contributed by atoms with Crippen LogP contribution in [0.25, 0.3) is 0 Å². The van der Waals surface area contributed by atoms with Crippen LogP contribution in [0.1, 0.15) is 58.3 Å². The number of methoxy groups -OCH3 is 1. The Kier molecular flexibility index (Phi) is 8.46. The molecule has 2 aromatic rings. The molecule has 0 atom stereocenters. The van der Waals surface area contributed by atoms with Crippen molar-refractivity contribution in [3.63, 3.8) is 0 Å². The minimum Gasteiger partial charge on any atom is -0.497 e. The Labute approximate surface area is 182 Å². The van der Waals surface area contributed by atoms with Crippen LogP contribution in [0.4, 0.5) is 0 Å². The van der Waals surface area contributed by atoms with Gasteiger partial charge in [0.25, 0.3) is 5.91 Å². The van der Waals surface area contributed by atoms with E-state index in [0.717, 1.165) is 30.7 Å². The molecule has 0 saturated heterocycles. The smallest absolute Gasteiger partial charge is 0.338 e. The number of hydrogen-bond donors (Lipinski definition) is 1. The van der Waals surface area contributed by atoms with Crippen molar-refractivity contribution in [1.29, 1.82) is 0 Å². The first-order valence-electron chi connectivity index (χ1n) is 10.9. The van der Waals surface area contributed by atoms with Gasteiger partial charge in [-0.05, 0) is 43.9 Å². The molecule has 0 bridgehead atoms. The van der Waals surface area contributed by atoms with Crippen LogP contribution >= 0.6 is 0 Å². The van der Waals surface area contributed by atoms with Gasteiger partial charge in [0, 0.05) is 32.7 Å². The van der Waals surface area contributed by atoms with Gasteiger partial charge >= 0.3 is 5.97 Å². The number of nitrogens with one attached hydrogen (secondary N) is 1. The second-order valence-electron chi connectivity index (χ2n) is 7.39. The van der Waals surface area contributed by atoms with E-state index in [9.17, 15) is 9.59 Å². The van der Waals surface area contributed by atoms with E-state index in [0.29, 0.717) is 56.0 Å². The van der Waals surface area contributed by atoms with E-state index in [1.54, 1.807) is 31.4 Å². The fraction of sp³-hybridized carbons (Fsp3) is 0.522. The first-order chi connectivity index (χ1) is 15.1. The summed E-state index contributed by atoms with van der Waals surface area (Å²) in [6.45, 7) is 4.75. The number of fused-ring (bicyclic) bond motifs is 1. The minimum atomic E-state index is -0.385. The molecule has 2 heterocycles. The number of carbonyl (C=O) groups excluding carboxylic acids is 2. The van der Waals surface area contributed by atoms with Gasteiger partial charge in [0.05, 0.1) is 36.2 Å². The lowest BCUT2D eigenvalue weighted by Crippen LogP contribution is -2.26. The van der Waals surface area contributed by atoms with Gasteiger partial charge in [0.1, 0.15) is 5.75 Å². The van der Waals surface area contributed by atoms with Crippen molar-refractivity contribution in [2.24, 2.45) is 0 Å². The number of ether oxygens (including phenoxy) is 3. The zero-order chi connectivity index (χ0) is 22.1. The molecule has 8 heteroatoms. The van der Waals surface area contributed by atoms with Crippen molar-refractivity contribution in [1.82, 2.24) is 15.1 Å². The van der Waals surface area contributed by atoms with Crippen LogP contribution in [-0.4, -0.2) is 55.1 Å². The molecule has 0 spiro atoms. The average molecular weight is 430 g/mol. The maximum absolute atomic E-state index is 12.8. The lowest BCUT2D eigenvalue weighted by Gasteiger charge is -2.10. The second-order valence-corrected chi connectivity index (χ2v) is 7.39. The van der Waals surface area contributed by atoms with Crippen LogP contribution in [-0.2, 0) is 28.9 Å². The Morgan fingerprint density at radius 3 is 2.94 bits per heavy atom. The van der Waals surface area contributed by atoms with Gasteiger partial charge < -0.3 is 19.5 Å². The van der Waals surface area contributed by atoms with E-state index in [4.69, 9.17) is 14.2 Å². The monoisotopic (exact) mass is 429 g/mol. The maximum atomic E-state index is 12.8. The van der Waals surface area contributed by atoms with Crippen LogP contribution in [0.15, 0.2) is 24.3 Å². The summed E-state index contributed by atoms with van der Waals surface area (Å²) in [4.78, 5) is 25.0. The Bertz CT molecular complexity index is 893. The van der Waals surface area contributed by atoms with E-state index in [1.807, 2.05) is 11.6 Å². The molecule has 0 fully saturated rings. The molecule has 1 aromatic carbocycles. The summed E-state index contributed by atoms with van der Waals surface area (Å²) in [5, 5.41) is 7.67. The lowest BCUT2D eigenvalue weighted by molar-refractivity contribution is 0.0494. The molecular weight excluding hydrogens is 398 g/mol. The highest BCUT2D eigenvalue weighted by Gasteiger charge is 2.22. The van der Waals surface area contributed by atoms with E-state index in [2.05, 4.69) is 10.4 Å². The molecular formula is C23H31N3O5. The first-order valence-corrected chi connectivity index (χ1v) is 10.9. The van der Waals surface area contributed by atoms with Crippen LogP contribution < -0.4 is 10.1 Å². The number of carbonyl (C=O) groups is 2. The highest BCUT2D eigenvalue weighted by molar-refractivity contribution is 5.96. The van der Waals surface area contributed by atoms with Gasteiger partial charge in [-0.3, -0.25) is 9.48 Å². The third-order valence-electron chi connectivity index (χ3n) is 5.20. The molecule has 0 unspecified atom stereocenters. The van der Waals surface area contributed by atoms with Crippen molar-refractivity contribution in [3.05, 3.63) is 46.8 Å². The maximum Gasteiger partial charge on any atom is 0.338 e. The quantitative estimate of drug-likeness (QED) is 0.538. The third-order valence-corrected chi connectivity index (χ3v) is 5.20. The summed E-state index contributed by atoms with van der Waals surface area (Å²) >= 11 is 0. The molecule has 0 aliphatic carbocycles. The number of aryl methyl sites for hydroxylation is 2. The molecule has 3 rings (SSSR count). The zero-order valence-electron chi connectivity index (χ0n) is 18.3. The van der Waals surface area contributed by atoms with E-state index in [1.165, 1.54) is 0 Å². The van der Waals surface area contributed by atoms with Crippen LogP contribution in [0.2, 0.25) is 0 Å². The Hall–Kier alpha value is -2.87. The topological polar surface area (TPSA) is 91.7 Å². The predicted molar refractivity (Wildman–Crippen MR) is 116 cm³/mol. The summed E-state index contributed by atoms with van der Waals surface area (Å²) < 4.78 is 18.1. The van der Waals surface area contributed by atoms with E-state index in [-0.39, 0.29) is 18.5 Å². The number of aromatic nitrogens is 2. The van der Waals surface area contributed by atoms with Gasteiger partial charge in [-0.25, -0.2) is 4.79 Å². The lowest BCUT2D eigenvalue weighted by atomic mass is 10.1. The van der Waals surface area contributed by atoms with Crippen LogP contribution in [0.5, 0.6) is 5.75 Å². The molecule has 1 aliphatic heterocycles. The van der Waals surface area contributed by atoms with Crippen molar-refractivity contribution >= 4 is 11.9 Å². The molecule has 1 amide bonds. The Morgan fingerprint density at radius 1 is 1.29 bits per heavy atom. The Balaban J connectivity index is 1.64. The van der Waals surface area contributed by atoms with Crippen molar-refractivity contribution < 1.29 is 23.8 Å². The van der Waals surface area contributed by atoms with Gasteiger partial charge in [-0.1, -0.05) is 13.0 Å². The molecule has 1 aliphatic rings. The minimum absolute atomic E-state index is 0.0653. The van der Waals surface area contributed by atoms with Gasteiger partial charge in [-0.15, -0.1) is 0 Å². The van der Waals surface area contributed by atoms with Crippen molar-refractivity contribution in [2.75, 3.05) is 33.5 Å². The molecule has 31 heavy (non-hydrogen) atoms. The van der Waals surface area contributed by atoms with Crippen molar-refractivity contribution in [3.8, 4) is 5.75 Å². The first kappa shape index (κ1) is 22.8. The second kappa shape index (κ2) is 11.5. The zero-order valence-corrected chi connectivity index (χ0v) is 18.3. The predicted octanol–water partition coefficient (Wildman–Crippen LogP) is 2.78. The molecule has 1 aromatic heterocycles. The van der Waals surface area contributed by atoms with Crippen molar-refractivity contribution in [2.45, 2.75) is 45.6 Å². The molecule has 0 radical (unpaired) electrons. The summed E-state index contributed by atoms with van der Waals surface area (Å²) in [7, 11) is 1.56. The number of esters is 1. The molecule has 8 nitrogen and oxygen atoms in total. The van der Waals surface area contributed by atoms with Gasteiger partial charge in [-0.2, -0.15) is 5.10 Å². The SMILES string of the molecule is CCc1nn(CCCOC(=O)c2cccc(OC)c2)c2c1C(=O)NCCCOCCC2. The molecule has 1 N–H and O–H groups in total. The number of amides is 1. The number of hydrogen-bond acceptors (Lipinski definition) is 6. The summed E-state index contributed by atoms with van der Waals surface area (Å²) in [6, 6.07) is 6.89. The summed E-state index contributed by atoms with van der Waals surface area (Å²) in [5.74, 6) is 0.162. The highest BCUT2D eigenvalue weighted by Crippen LogP contribution is 2.19. The Morgan fingerprint density at radius 2 is 2.13 bits per heavy atom. The van der Waals surface area contributed by atoms with Gasteiger partial charge in [0.2, 0.25) is 0 Å². The van der Waals surface area contributed by atoms with Crippen LogP contribution in [0.3, 0.4) is 0 Å². The number of benzene rings is 1. The largest absolute Gasteiger partial charge is 0.497 e. The van der Waals surface area contributed by atoms with Gasteiger partial charge in [0.15, 0.2) is 0 Å². The number of rotatable bonds is 7. The highest BCUT2D eigenvalue weighted by atomic mass is 16.5. The fourth-order valence-corrected chi connectivity index (χ4v) is 3.62. The standard InChI is InChI=1S/C23H31N3O5/c1-3-19-21-20(10-5-13-30-14-6-11-24-22(21)27)26(25-19)12-7-15-31-23(28)17-8-4-9-18(16-17)29-2/h4,8-9,16H,3,5-7,10-15H2,1-2H3,(H,24,27). The molecule has 0 saturated carbocycles. The normalized spacial score (nSPS) is 14.8. The molecule has 168 valence electrons.